The second kappa shape index (κ2) is 5.52. The van der Waals surface area contributed by atoms with Crippen molar-refractivity contribution in [1.82, 2.24) is 9.21 Å². The predicted octanol–water partition coefficient (Wildman–Crippen LogP) is 1.56. The minimum Gasteiger partial charge on any atom is -0.397 e. The van der Waals surface area contributed by atoms with Crippen LogP contribution in [0.1, 0.15) is 12.0 Å². The lowest BCUT2D eigenvalue weighted by molar-refractivity contribution is 0.302. The number of nitrogens with zero attached hydrogens (tertiary/aromatic N) is 2. The van der Waals surface area contributed by atoms with Gasteiger partial charge in [0, 0.05) is 19.1 Å². The fraction of sp³-hybridized carbons (Fsp3) is 0.538. The quantitative estimate of drug-likeness (QED) is 0.859. The average Bonchev–Trinajstić information content (AvgIpc) is 2.85. The Bertz CT molecular complexity index is 593. The SMILES string of the molecule is Cc1cc(S(=O)(=O)N2CCC(N(C)C)C2)cc(N)c1Cl. The second-order valence-electron chi connectivity index (χ2n) is 5.41. The highest BCUT2D eigenvalue weighted by Gasteiger charge is 2.33. The van der Waals surface area contributed by atoms with E-state index >= 15 is 0 Å². The summed E-state index contributed by atoms with van der Waals surface area (Å²) < 4.78 is 26.8. The van der Waals surface area contributed by atoms with Gasteiger partial charge in [-0.05, 0) is 45.1 Å². The summed E-state index contributed by atoms with van der Waals surface area (Å²) in [4.78, 5) is 2.27. The zero-order valence-corrected chi connectivity index (χ0v) is 13.5. The van der Waals surface area contributed by atoms with E-state index in [-0.39, 0.29) is 10.9 Å². The first-order valence-electron chi connectivity index (χ1n) is 6.45. The summed E-state index contributed by atoms with van der Waals surface area (Å²) in [6.45, 7) is 2.80. The van der Waals surface area contributed by atoms with Crippen LogP contribution in [0.2, 0.25) is 5.02 Å². The number of likely N-dealkylation sites (N-methyl/N-ethyl adjacent to an activating group) is 1. The molecule has 1 aromatic carbocycles. The van der Waals surface area contributed by atoms with Crippen molar-refractivity contribution < 1.29 is 8.42 Å². The monoisotopic (exact) mass is 317 g/mol. The molecule has 7 heteroatoms. The van der Waals surface area contributed by atoms with Crippen LogP contribution in [0.4, 0.5) is 5.69 Å². The lowest BCUT2D eigenvalue weighted by Gasteiger charge is -2.20. The molecule has 1 heterocycles. The highest BCUT2D eigenvalue weighted by molar-refractivity contribution is 7.89. The molecule has 112 valence electrons. The number of hydrogen-bond donors (Lipinski definition) is 1. The molecular weight excluding hydrogens is 298 g/mol. The molecule has 1 atom stereocenters. The molecule has 0 bridgehead atoms. The number of benzene rings is 1. The third kappa shape index (κ3) is 2.79. The lowest BCUT2D eigenvalue weighted by atomic mass is 10.2. The number of aryl methyl sites for hydroxylation is 1. The van der Waals surface area contributed by atoms with Crippen molar-refractivity contribution in [2.75, 3.05) is 32.9 Å². The molecule has 1 aromatic rings. The third-order valence-corrected chi connectivity index (χ3v) is 6.11. The van der Waals surface area contributed by atoms with Crippen molar-refractivity contribution >= 4 is 27.3 Å². The topological polar surface area (TPSA) is 66.6 Å². The minimum absolute atomic E-state index is 0.219. The summed E-state index contributed by atoms with van der Waals surface area (Å²) in [5.41, 5.74) is 6.74. The predicted molar refractivity (Wildman–Crippen MR) is 81.5 cm³/mol. The molecule has 0 spiro atoms. The van der Waals surface area contributed by atoms with Gasteiger partial charge in [0.1, 0.15) is 0 Å². The van der Waals surface area contributed by atoms with E-state index < -0.39 is 10.0 Å². The Kier molecular flexibility index (Phi) is 4.30. The van der Waals surface area contributed by atoms with Crippen molar-refractivity contribution in [2.24, 2.45) is 0 Å². The van der Waals surface area contributed by atoms with Crippen LogP contribution in [0.25, 0.3) is 0 Å². The Hall–Kier alpha value is -0.820. The van der Waals surface area contributed by atoms with Crippen LogP contribution in [0.15, 0.2) is 17.0 Å². The molecule has 5 nitrogen and oxygen atoms in total. The van der Waals surface area contributed by atoms with Crippen LogP contribution in [-0.4, -0.2) is 50.8 Å². The van der Waals surface area contributed by atoms with Crippen LogP contribution < -0.4 is 5.73 Å². The summed E-state index contributed by atoms with van der Waals surface area (Å²) in [7, 11) is 0.428. The van der Waals surface area contributed by atoms with Gasteiger partial charge < -0.3 is 10.6 Å². The van der Waals surface area contributed by atoms with Crippen molar-refractivity contribution in [2.45, 2.75) is 24.3 Å². The van der Waals surface area contributed by atoms with Gasteiger partial charge in [0.15, 0.2) is 0 Å². The molecular formula is C13H20ClN3O2S. The van der Waals surface area contributed by atoms with Gasteiger partial charge in [-0.3, -0.25) is 0 Å². The van der Waals surface area contributed by atoms with Gasteiger partial charge in [-0.15, -0.1) is 0 Å². The Morgan fingerprint density at radius 1 is 1.40 bits per heavy atom. The van der Waals surface area contributed by atoms with E-state index in [4.69, 9.17) is 17.3 Å². The molecule has 1 saturated heterocycles. The first-order chi connectivity index (χ1) is 9.23. The van der Waals surface area contributed by atoms with Crippen LogP contribution in [-0.2, 0) is 10.0 Å². The summed E-state index contributed by atoms with van der Waals surface area (Å²) >= 11 is 5.98. The summed E-state index contributed by atoms with van der Waals surface area (Å²) in [5.74, 6) is 0. The molecule has 20 heavy (non-hydrogen) atoms. The fourth-order valence-electron chi connectivity index (χ4n) is 2.41. The van der Waals surface area contributed by atoms with Crippen LogP contribution in [0, 0.1) is 6.92 Å². The smallest absolute Gasteiger partial charge is 0.243 e. The maximum absolute atomic E-state index is 12.6. The summed E-state index contributed by atoms with van der Waals surface area (Å²) in [6.07, 6.45) is 0.842. The van der Waals surface area contributed by atoms with Crippen LogP contribution >= 0.6 is 11.6 Å². The van der Waals surface area contributed by atoms with Gasteiger partial charge in [0.25, 0.3) is 0 Å². The van der Waals surface area contributed by atoms with E-state index in [9.17, 15) is 8.42 Å². The van der Waals surface area contributed by atoms with Crippen LogP contribution in [0.5, 0.6) is 0 Å². The largest absolute Gasteiger partial charge is 0.397 e. The zero-order valence-electron chi connectivity index (χ0n) is 11.9. The number of hydrogen-bond acceptors (Lipinski definition) is 4. The standard InChI is InChI=1S/C13H20ClN3O2S/c1-9-6-11(7-12(15)13(9)14)20(18,19)17-5-4-10(8-17)16(2)3/h6-7,10H,4-5,8,15H2,1-3H3. The molecule has 0 saturated carbocycles. The number of rotatable bonds is 3. The molecule has 2 N–H and O–H groups in total. The highest BCUT2D eigenvalue weighted by Crippen LogP contribution is 2.30. The van der Waals surface area contributed by atoms with Gasteiger partial charge in [-0.1, -0.05) is 11.6 Å². The van der Waals surface area contributed by atoms with Gasteiger partial charge in [-0.25, -0.2) is 8.42 Å². The zero-order chi connectivity index (χ0) is 15.1. The summed E-state index contributed by atoms with van der Waals surface area (Å²) in [6, 6.07) is 3.28. The number of nitrogen functional groups attached to an aromatic ring is 1. The number of nitrogens with two attached hydrogens (primary N) is 1. The Morgan fingerprint density at radius 2 is 2.05 bits per heavy atom. The number of anilines is 1. The highest BCUT2D eigenvalue weighted by atomic mass is 35.5. The van der Waals surface area contributed by atoms with Gasteiger partial charge in [-0.2, -0.15) is 4.31 Å². The summed E-state index contributed by atoms with van der Waals surface area (Å²) in [5, 5.41) is 0.413. The Labute approximate surface area is 125 Å². The van der Waals surface area contributed by atoms with Gasteiger partial charge in [0.05, 0.1) is 15.6 Å². The average molecular weight is 318 g/mol. The first-order valence-corrected chi connectivity index (χ1v) is 8.27. The molecule has 2 rings (SSSR count). The number of halogens is 1. The van der Waals surface area contributed by atoms with E-state index in [0.717, 1.165) is 6.42 Å². The van der Waals surface area contributed by atoms with Crippen molar-refractivity contribution in [3.8, 4) is 0 Å². The molecule has 1 aliphatic heterocycles. The molecule has 1 fully saturated rings. The Morgan fingerprint density at radius 3 is 2.55 bits per heavy atom. The molecule has 1 unspecified atom stereocenters. The van der Waals surface area contributed by atoms with E-state index in [1.54, 1.807) is 13.0 Å². The van der Waals surface area contributed by atoms with Crippen LogP contribution in [0.3, 0.4) is 0 Å². The van der Waals surface area contributed by atoms with Crippen molar-refractivity contribution in [1.29, 1.82) is 0 Å². The third-order valence-electron chi connectivity index (χ3n) is 3.75. The van der Waals surface area contributed by atoms with Crippen molar-refractivity contribution in [3.63, 3.8) is 0 Å². The lowest BCUT2D eigenvalue weighted by Crippen LogP contribution is -2.34. The maximum Gasteiger partial charge on any atom is 0.243 e. The molecule has 0 radical (unpaired) electrons. The molecule has 0 aliphatic carbocycles. The maximum atomic E-state index is 12.6. The minimum atomic E-state index is -3.50. The van der Waals surface area contributed by atoms with E-state index in [1.807, 2.05) is 14.1 Å². The van der Waals surface area contributed by atoms with E-state index in [0.29, 0.717) is 29.4 Å². The fourth-order valence-corrected chi connectivity index (χ4v) is 4.13. The van der Waals surface area contributed by atoms with Gasteiger partial charge in [0.2, 0.25) is 10.0 Å². The molecule has 1 aliphatic rings. The van der Waals surface area contributed by atoms with E-state index in [1.165, 1.54) is 10.4 Å². The van der Waals surface area contributed by atoms with Gasteiger partial charge >= 0.3 is 0 Å². The number of sulfonamides is 1. The normalized spacial score (nSPS) is 20.8. The van der Waals surface area contributed by atoms with Crippen molar-refractivity contribution in [3.05, 3.63) is 22.7 Å². The van der Waals surface area contributed by atoms with E-state index in [2.05, 4.69) is 4.90 Å². The first kappa shape index (κ1) is 15.6. The Balaban J connectivity index is 2.32. The molecule has 0 aromatic heterocycles. The second-order valence-corrected chi connectivity index (χ2v) is 7.73. The molecule has 0 amide bonds.